The van der Waals surface area contributed by atoms with Crippen LogP contribution in [0.5, 0.6) is 0 Å². The van der Waals surface area contributed by atoms with E-state index in [1.807, 2.05) is 0 Å². The molecule has 0 aliphatic carbocycles. The zero-order chi connectivity index (χ0) is 4.28. The molecule has 0 heterocycles. The number of carbonyl (C=O) groups excluding carboxylic acids is 1. The van der Waals surface area contributed by atoms with Gasteiger partial charge in [-0.1, -0.05) is 6.54 Å². The van der Waals surface area contributed by atoms with Crippen LogP contribution in [-0.2, 0) is 25.9 Å². The summed E-state index contributed by atoms with van der Waals surface area (Å²) in [6.45, 7) is 1.31. The number of hydrogen-bond donors (Lipinski definition) is 0. The summed E-state index contributed by atoms with van der Waals surface area (Å²) in [5, 5.41) is 0. The summed E-state index contributed by atoms with van der Waals surface area (Å²) >= 11 is 0. The van der Waals surface area contributed by atoms with Gasteiger partial charge in [0.05, 0.1) is 0 Å². The maximum Gasteiger partial charge on any atom is 0.109 e. The Morgan fingerprint density at radius 1 is 1.83 bits per heavy atom. The van der Waals surface area contributed by atoms with Crippen molar-refractivity contribution in [3.63, 3.8) is 0 Å². The van der Waals surface area contributed by atoms with E-state index in [0.717, 1.165) is 0 Å². The standard InChI is InChI=1S/C3H6NO.W/c1-3(5)2-4;/h4H,2H2,1H3;/q-1;. The Labute approximate surface area is 51.4 Å². The molecule has 0 spiro atoms. The zero-order valence-electron chi connectivity index (χ0n) is 3.52. The summed E-state index contributed by atoms with van der Waals surface area (Å²) in [4.78, 5) is 9.62. The van der Waals surface area contributed by atoms with Gasteiger partial charge in [-0.2, -0.15) is 0 Å². The van der Waals surface area contributed by atoms with E-state index in [1.54, 1.807) is 0 Å². The summed E-state index contributed by atoms with van der Waals surface area (Å²) in [5.74, 6) is -0.0787. The average molecular weight is 256 g/mol. The number of rotatable bonds is 1. The van der Waals surface area contributed by atoms with E-state index < -0.39 is 0 Å². The Kier molecular flexibility index (Phi) is 8.49. The van der Waals surface area contributed by atoms with Gasteiger partial charge in [0.2, 0.25) is 0 Å². The van der Waals surface area contributed by atoms with E-state index in [4.69, 9.17) is 5.73 Å². The van der Waals surface area contributed by atoms with Crippen molar-refractivity contribution in [1.82, 2.24) is 0 Å². The number of nitrogens with one attached hydrogen (secondary N) is 1. The molecule has 1 N–H and O–H groups in total. The van der Waals surface area contributed by atoms with Crippen LogP contribution in [0.4, 0.5) is 0 Å². The fraction of sp³-hybridized carbons (Fsp3) is 0.667. The van der Waals surface area contributed by atoms with Gasteiger partial charge in [-0.05, 0) is 6.92 Å². The van der Waals surface area contributed by atoms with E-state index in [1.165, 1.54) is 6.92 Å². The minimum atomic E-state index is -0.0833. The van der Waals surface area contributed by atoms with E-state index in [-0.39, 0.29) is 33.4 Å². The topological polar surface area (TPSA) is 40.9 Å². The van der Waals surface area contributed by atoms with E-state index in [9.17, 15) is 4.79 Å². The van der Waals surface area contributed by atoms with Gasteiger partial charge < -0.3 is 10.5 Å². The first-order chi connectivity index (χ1) is 2.27. The van der Waals surface area contributed by atoms with Crippen molar-refractivity contribution in [3.05, 3.63) is 5.73 Å². The van der Waals surface area contributed by atoms with Crippen molar-refractivity contribution < 1.29 is 25.9 Å². The molecule has 0 aromatic heterocycles. The molecule has 0 aliphatic rings. The van der Waals surface area contributed by atoms with Crippen LogP contribution in [0.2, 0.25) is 0 Å². The van der Waals surface area contributed by atoms with Gasteiger partial charge in [0.25, 0.3) is 0 Å². The molecular weight excluding hydrogens is 250 g/mol. The van der Waals surface area contributed by atoms with Crippen molar-refractivity contribution in [3.8, 4) is 0 Å². The summed E-state index contributed by atoms with van der Waals surface area (Å²) in [6, 6.07) is 0. The Morgan fingerprint density at radius 3 is 2.00 bits per heavy atom. The normalized spacial score (nSPS) is 6.33. The third-order valence-electron chi connectivity index (χ3n) is 0.249. The molecule has 0 rings (SSSR count). The first kappa shape index (κ1) is 9.58. The molecule has 0 unspecified atom stereocenters. The van der Waals surface area contributed by atoms with Crippen LogP contribution < -0.4 is 0 Å². The predicted molar refractivity (Wildman–Crippen MR) is 19.9 cm³/mol. The van der Waals surface area contributed by atoms with Gasteiger partial charge in [0, 0.05) is 21.1 Å². The van der Waals surface area contributed by atoms with Gasteiger partial charge in [0.1, 0.15) is 5.78 Å². The summed E-state index contributed by atoms with van der Waals surface area (Å²) in [7, 11) is 0. The maximum absolute atomic E-state index is 9.62. The van der Waals surface area contributed by atoms with E-state index in [2.05, 4.69) is 0 Å². The summed E-state index contributed by atoms with van der Waals surface area (Å²) < 4.78 is 0. The van der Waals surface area contributed by atoms with Crippen LogP contribution in [0.3, 0.4) is 0 Å². The van der Waals surface area contributed by atoms with Gasteiger partial charge >= 0.3 is 0 Å². The number of hydrogen-bond acceptors (Lipinski definition) is 1. The molecule has 0 saturated carbocycles. The number of carbonyl (C=O) groups is 1. The Balaban J connectivity index is 0. The molecule has 0 atom stereocenters. The quantitative estimate of drug-likeness (QED) is 0.678. The van der Waals surface area contributed by atoms with Crippen LogP contribution >= 0.6 is 0 Å². The Bertz CT molecular complexity index is 46.1. The van der Waals surface area contributed by atoms with Crippen LogP contribution in [0, 0.1) is 0 Å². The molecule has 0 saturated heterocycles. The molecule has 0 aromatic rings. The minimum absolute atomic E-state index is 0. The van der Waals surface area contributed by atoms with Gasteiger partial charge in [-0.3, -0.25) is 0 Å². The smallest absolute Gasteiger partial charge is 0.109 e. The second kappa shape index (κ2) is 5.32. The third kappa shape index (κ3) is 8.85. The molecule has 36 valence electrons. The van der Waals surface area contributed by atoms with Gasteiger partial charge in [-0.25, -0.2) is 0 Å². The van der Waals surface area contributed by atoms with Crippen LogP contribution in [0.25, 0.3) is 5.73 Å². The average Bonchev–Trinajstić information content (AvgIpc) is 1.38. The zero-order valence-corrected chi connectivity index (χ0v) is 6.46. The number of ketones is 1. The third-order valence-corrected chi connectivity index (χ3v) is 0.249. The number of Topliss-reactive ketones (excluding diaryl/α,β-unsaturated/α-hetero) is 1. The second-order valence-electron chi connectivity index (χ2n) is 0.879. The van der Waals surface area contributed by atoms with Crippen LogP contribution in [0.15, 0.2) is 0 Å². The monoisotopic (exact) mass is 256 g/mol. The fourth-order valence-corrected chi connectivity index (χ4v) is 0. The molecule has 0 radical (unpaired) electrons. The van der Waals surface area contributed by atoms with Crippen molar-refractivity contribution >= 4 is 5.78 Å². The summed E-state index contributed by atoms with van der Waals surface area (Å²) in [6.07, 6.45) is 0. The second-order valence-corrected chi connectivity index (χ2v) is 0.879. The van der Waals surface area contributed by atoms with Crippen molar-refractivity contribution in [2.45, 2.75) is 6.92 Å². The first-order valence-corrected chi connectivity index (χ1v) is 1.41. The van der Waals surface area contributed by atoms with Gasteiger partial charge in [0.15, 0.2) is 0 Å². The Hall–Kier alpha value is 0.318. The van der Waals surface area contributed by atoms with E-state index >= 15 is 0 Å². The van der Waals surface area contributed by atoms with E-state index in [0.29, 0.717) is 0 Å². The Morgan fingerprint density at radius 2 is 2.00 bits per heavy atom. The molecule has 0 fully saturated rings. The molecular formula is C3H6NOW-. The molecule has 3 heteroatoms. The molecule has 6 heavy (non-hydrogen) atoms. The molecule has 0 aliphatic heterocycles. The van der Waals surface area contributed by atoms with Crippen LogP contribution in [-0.4, -0.2) is 12.3 Å². The van der Waals surface area contributed by atoms with Crippen molar-refractivity contribution in [2.75, 3.05) is 6.54 Å². The van der Waals surface area contributed by atoms with Crippen LogP contribution in [0.1, 0.15) is 6.92 Å². The van der Waals surface area contributed by atoms with Crippen molar-refractivity contribution in [1.29, 1.82) is 0 Å². The maximum atomic E-state index is 9.62. The SMILES string of the molecule is CC(=O)C[NH-].[W]. The molecule has 2 nitrogen and oxygen atoms in total. The first-order valence-electron chi connectivity index (χ1n) is 1.41. The largest absolute Gasteiger partial charge is 0.671 e. The van der Waals surface area contributed by atoms with Crippen molar-refractivity contribution in [2.24, 2.45) is 0 Å². The molecule has 0 bridgehead atoms. The minimum Gasteiger partial charge on any atom is -0.671 e. The molecule has 0 amide bonds. The predicted octanol–water partition coefficient (Wildman–Crippen LogP) is 0.625. The fourth-order valence-electron chi connectivity index (χ4n) is 0. The summed E-state index contributed by atoms with van der Waals surface area (Å²) in [5.41, 5.74) is 6.31. The molecule has 0 aromatic carbocycles. The van der Waals surface area contributed by atoms with Gasteiger partial charge in [-0.15, -0.1) is 0 Å².